The molecule has 0 N–H and O–H groups in total. The van der Waals surface area contributed by atoms with Crippen LogP contribution in [0.25, 0.3) is 11.5 Å². The molecule has 0 amide bonds. The minimum absolute atomic E-state index is 0.546. The van der Waals surface area contributed by atoms with E-state index in [1.165, 1.54) is 6.20 Å². The van der Waals surface area contributed by atoms with Crippen LogP contribution in [0.1, 0.15) is 0 Å². The summed E-state index contributed by atoms with van der Waals surface area (Å²) in [6, 6.07) is 3.56. The van der Waals surface area contributed by atoms with Gasteiger partial charge in [-0.2, -0.15) is 0 Å². The summed E-state index contributed by atoms with van der Waals surface area (Å²) in [6.45, 7) is 0. The molecule has 0 bridgehead atoms. The first kappa shape index (κ1) is 5.22. The molecule has 0 atom stereocenters. The highest BCUT2D eigenvalue weighted by Gasteiger charge is 2.03. The van der Waals surface area contributed by atoms with Crippen molar-refractivity contribution in [1.29, 1.82) is 0 Å². The molecular formula is C6H4N2O2. The van der Waals surface area contributed by atoms with Gasteiger partial charge >= 0.3 is 0 Å². The molecule has 4 nitrogen and oxygen atoms in total. The minimum Gasteiger partial charge on any atom is -0.461 e. The smallest absolute Gasteiger partial charge is 0.222 e. The predicted molar refractivity (Wildman–Crippen MR) is 32.0 cm³/mol. The maximum absolute atomic E-state index is 5.00. The lowest BCUT2D eigenvalue weighted by Crippen LogP contribution is -1.62. The van der Waals surface area contributed by atoms with Gasteiger partial charge in [0.2, 0.25) is 5.76 Å². The van der Waals surface area contributed by atoms with E-state index >= 15 is 0 Å². The van der Waals surface area contributed by atoms with E-state index in [9.17, 15) is 0 Å². The molecule has 0 saturated carbocycles. The summed E-state index contributed by atoms with van der Waals surface area (Å²) in [6.07, 6.45) is 3.07. The van der Waals surface area contributed by atoms with Crippen LogP contribution in [0.3, 0.4) is 0 Å². The Kier molecular flexibility index (Phi) is 1.04. The summed E-state index contributed by atoms with van der Waals surface area (Å²) in [4.78, 5) is 0. The number of nitrogens with zero attached hydrogens (tertiary/aromatic N) is 2. The molecule has 0 spiro atoms. The highest BCUT2D eigenvalue weighted by atomic mass is 16.5. The van der Waals surface area contributed by atoms with E-state index < -0.39 is 0 Å². The fourth-order valence-corrected chi connectivity index (χ4v) is 0.694. The van der Waals surface area contributed by atoms with E-state index in [4.69, 9.17) is 8.94 Å². The summed E-state index contributed by atoms with van der Waals surface area (Å²) in [5.74, 6) is 1.19. The average molecular weight is 136 g/mol. The molecule has 0 radical (unpaired) electrons. The Bertz CT molecular complexity index is 253. The Morgan fingerprint density at radius 1 is 1.30 bits per heavy atom. The Morgan fingerprint density at radius 2 is 2.30 bits per heavy atom. The van der Waals surface area contributed by atoms with Crippen molar-refractivity contribution in [2.75, 3.05) is 0 Å². The van der Waals surface area contributed by atoms with E-state index in [0.29, 0.717) is 11.5 Å². The zero-order chi connectivity index (χ0) is 6.81. The molecule has 2 heterocycles. The lowest BCUT2D eigenvalue weighted by atomic mass is 10.4. The molecule has 10 heavy (non-hydrogen) atoms. The second-order valence-corrected chi connectivity index (χ2v) is 1.76. The van der Waals surface area contributed by atoms with Crippen molar-refractivity contribution in [3.8, 4) is 11.5 Å². The number of hydrogen-bond donors (Lipinski definition) is 0. The van der Waals surface area contributed by atoms with Crippen LogP contribution >= 0.6 is 0 Å². The van der Waals surface area contributed by atoms with Crippen LogP contribution in [0.2, 0.25) is 0 Å². The van der Waals surface area contributed by atoms with Gasteiger partial charge in [0.05, 0.1) is 6.26 Å². The number of furan rings is 1. The van der Waals surface area contributed by atoms with E-state index in [1.807, 2.05) is 0 Å². The molecule has 4 heteroatoms. The van der Waals surface area contributed by atoms with Gasteiger partial charge in [0.1, 0.15) is 6.20 Å². The van der Waals surface area contributed by atoms with Gasteiger partial charge in [0.25, 0.3) is 0 Å². The molecule has 0 saturated heterocycles. The van der Waals surface area contributed by atoms with Crippen LogP contribution < -0.4 is 0 Å². The van der Waals surface area contributed by atoms with Crippen molar-refractivity contribution in [2.24, 2.45) is 0 Å². The largest absolute Gasteiger partial charge is 0.461 e. The lowest BCUT2D eigenvalue weighted by molar-refractivity contribution is 0.393. The van der Waals surface area contributed by atoms with Crippen molar-refractivity contribution < 1.29 is 8.94 Å². The van der Waals surface area contributed by atoms with Crippen LogP contribution in [-0.4, -0.2) is 10.4 Å². The van der Waals surface area contributed by atoms with Crippen molar-refractivity contribution >= 4 is 0 Å². The number of hydrogen-bond acceptors (Lipinski definition) is 4. The van der Waals surface area contributed by atoms with E-state index in [2.05, 4.69) is 10.4 Å². The van der Waals surface area contributed by atoms with Crippen LogP contribution in [0.15, 0.2) is 33.5 Å². The second-order valence-electron chi connectivity index (χ2n) is 1.76. The number of aromatic nitrogens is 2. The first-order chi connectivity index (χ1) is 4.97. The van der Waals surface area contributed by atoms with Crippen molar-refractivity contribution in [3.05, 3.63) is 24.6 Å². The zero-order valence-corrected chi connectivity index (χ0v) is 5.02. The van der Waals surface area contributed by atoms with Crippen LogP contribution in [0.5, 0.6) is 0 Å². The molecule has 2 aromatic heterocycles. The zero-order valence-electron chi connectivity index (χ0n) is 5.02. The fraction of sp³-hybridized carbons (Fsp3) is 0. The average Bonchev–Trinajstić information content (AvgIpc) is 2.59. The molecule has 0 aliphatic rings. The molecule has 0 aliphatic carbocycles. The molecule has 0 fully saturated rings. The normalized spacial score (nSPS) is 10.0. The van der Waals surface area contributed by atoms with Crippen molar-refractivity contribution in [1.82, 2.24) is 10.4 Å². The second kappa shape index (κ2) is 1.98. The Morgan fingerprint density at radius 3 is 2.90 bits per heavy atom. The highest BCUT2D eigenvalue weighted by Crippen LogP contribution is 2.16. The third kappa shape index (κ3) is 0.699. The van der Waals surface area contributed by atoms with Gasteiger partial charge in [-0.3, -0.25) is 0 Å². The summed E-state index contributed by atoms with van der Waals surface area (Å²) in [5, 5.41) is 6.79. The monoisotopic (exact) mass is 136 g/mol. The van der Waals surface area contributed by atoms with Crippen LogP contribution in [0.4, 0.5) is 0 Å². The van der Waals surface area contributed by atoms with Crippen LogP contribution in [-0.2, 0) is 0 Å². The summed E-state index contributed by atoms with van der Waals surface area (Å²) < 4.78 is 9.73. The topological polar surface area (TPSA) is 52.1 Å². The molecule has 2 aromatic rings. The summed E-state index contributed by atoms with van der Waals surface area (Å²) in [7, 11) is 0. The van der Waals surface area contributed by atoms with Crippen molar-refractivity contribution in [3.63, 3.8) is 0 Å². The van der Waals surface area contributed by atoms with Gasteiger partial charge in [0.15, 0.2) is 5.76 Å². The molecule has 50 valence electrons. The van der Waals surface area contributed by atoms with Gasteiger partial charge < -0.3 is 8.94 Å². The molecule has 0 unspecified atom stereocenters. The third-order valence-corrected chi connectivity index (χ3v) is 1.13. The minimum atomic E-state index is 0.546. The van der Waals surface area contributed by atoms with Gasteiger partial charge in [-0.1, -0.05) is 0 Å². The first-order valence-electron chi connectivity index (χ1n) is 2.78. The molecule has 0 aliphatic heterocycles. The van der Waals surface area contributed by atoms with E-state index in [1.54, 1.807) is 18.4 Å². The summed E-state index contributed by atoms with van der Waals surface area (Å²) >= 11 is 0. The summed E-state index contributed by atoms with van der Waals surface area (Å²) in [5.41, 5.74) is 0. The third-order valence-electron chi connectivity index (χ3n) is 1.13. The molecular weight excluding hydrogens is 132 g/mol. The first-order valence-corrected chi connectivity index (χ1v) is 2.78. The number of rotatable bonds is 1. The van der Waals surface area contributed by atoms with Crippen LogP contribution in [0, 0.1) is 0 Å². The molecule has 0 aromatic carbocycles. The van der Waals surface area contributed by atoms with Gasteiger partial charge in [-0.15, -0.1) is 5.10 Å². The van der Waals surface area contributed by atoms with E-state index in [-0.39, 0.29) is 0 Å². The van der Waals surface area contributed by atoms with Crippen molar-refractivity contribution in [2.45, 2.75) is 0 Å². The quantitative estimate of drug-likeness (QED) is 0.593. The Balaban J connectivity index is 2.48. The van der Waals surface area contributed by atoms with Gasteiger partial charge in [-0.25, -0.2) is 0 Å². The predicted octanol–water partition coefficient (Wildman–Crippen LogP) is 1.33. The lowest BCUT2D eigenvalue weighted by Gasteiger charge is -1.81. The maximum atomic E-state index is 5.00. The maximum Gasteiger partial charge on any atom is 0.222 e. The standard InChI is InChI=1S/C6H4N2O2/c1-2-5(9-3-1)6-4-7-8-10-6/h1-4H. The highest BCUT2D eigenvalue weighted by molar-refractivity contribution is 5.46. The van der Waals surface area contributed by atoms with E-state index in [0.717, 1.165) is 0 Å². The SMILES string of the molecule is c1coc(-c2cnno2)c1. The fourth-order valence-electron chi connectivity index (χ4n) is 0.694. The Hall–Kier alpha value is -1.58. The Labute approximate surface area is 56.4 Å². The van der Waals surface area contributed by atoms with Gasteiger partial charge in [0, 0.05) is 5.27 Å². The molecule has 2 rings (SSSR count). The van der Waals surface area contributed by atoms with Gasteiger partial charge in [-0.05, 0) is 12.1 Å².